The van der Waals surface area contributed by atoms with Crippen LogP contribution in [0.2, 0.25) is 0 Å². The first-order valence-electron chi connectivity index (χ1n) is 7.36. The van der Waals surface area contributed by atoms with Gasteiger partial charge < -0.3 is 4.90 Å². The number of benzene rings is 2. The van der Waals surface area contributed by atoms with Crippen molar-refractivity contribution in [1.82, 2.24) is 5.43 Å². The lowest BCUT2D eigenvalue weighted by Gasteiger charge is -2.15. The molecule has 0 unspecified atom stereocenters. The molecule has 3 rings (SSSR count). The van der Waals surface area contributed by atoms with Crippen molar-refractivity contribution in [3.05, 3.63) is 64.1 Å². The van der Waals surface area contributed by atoms with Gasteiger partial charge in [0.1, 0.15) is 5.57 Å². The molecule has 0 aliphatic carbocycles. The number of nitrogens with zero attached hydrogens (tertiary/aromatic N) is 2. The van der Waals surface area contributed by atoms with Gasteiger partial charge in [-0.3, -0.25) is 15.0 Å². The van der Waals surface area contributed by atoms with Crippen molar-refractivity contribution in [3.63, 3.8) is 0 Å². The monoisotopic (exact) mass is 385 g/mol. The molecular weight excluding hydrogens is 370 g/mol. The maximum Gasteiger partial charge on any atom is 0.282 e. The van der Waals surface area contributed by atoms with Crippen molar-refractivity contribution < 1.29 is 9.59 Å². The summed E-state index contributed by atoms with van der Waals surface area (Å²) in [4.78, 5) is 26.7. The van der Waals surface area contributed by atoms with Crippen LogP contribution in [0.3, 0.4) is 0 Å². The Morgan fingerprint density at radius 1 is 1.08 bits per heavy atom. The van der Waals surface area contributed by atoms with E-state index in [-0.39, 0.29) is 11.5 Å². The van der Waals surface area contributed by atoms with E-state index in [1.165, 1.54) is 5.01 Å². The minimum Gasteiger partial charge on any atom is -0.377 e. The van der Waals surface area contributed by atoms with Gasteiger partial charge in [0.2, 0.25) is 0 Å². The molecule has 0 aromatic heterocycles. The lowest BCUT2D eigenvalue weighted by atomic mass is 10.1. The van der Waals surface area contributed by atoms with Crippen molar-refractivity contribution in [2.75, 3.05) is 24.0 Å². The summed E-state index contributed by atoms with van der Waals surface area (Å²) in [6.07, 6.45) is 1.60. The second kappa shape index (κ2) is 6.49. The Balaban J connectivity index is 1.92. The van der Waals surface area contributed by atoms with Crippen molar-refractivity contribution in [2.24, 2.45) is 0 Å². The molecule has 0 bridgehead atoms. The molecule has 2 aromatic carbocycles. The predicted molar refractivity (Wildman–Crippen MR) is 98.5 cm³/mol. The largest absolute Gasteiger partial charge is 0.377 e. The Kier molecular flexibility index (Phi) is 4.40. The van der Waals surface area contributed by atoms with E-state index in [4.69, 9.17) is 0 Å². The predicted octanol–water partition coefficient (Wildman–Crippen LogP) is 2.98. The summed E-state index contributed by atoms with van der Waals surface area (Å²) in [5.74, 6) is -0.768. The highest BCUT2D eigenvalue weighted by Crippen LogP contribution is 2.27. The van der Waals surface area contributed by atoms with Gasteiger partial charge in [-0.25, -0.2) is 5.01 Å². The number of amides is 2. The maximum absolute atomic E-state index is 12.5. The summed E-state index contributed by atoms with van der Waals surface area (Å²) < 4.78 is 0.896. The number of carbonyl (C=O) groups is 2. The molecule has 0 spiro atoms. The Bertz CT molecular complexity index is 831. The fraction of sp³-hybridized carbons (Fsp3) is 0.111. The normalized spacial score (nSPS) is 15.8. The minimum absolute atomic E-state index is 0.114. The zero-order valence-corrected chi connectivity index (χ0v) is 14.9. The maximum atomic E-state index is 12.5. The first kappa shape index (κ1) is 16.3. The molecule has 1 N–H and O–H groups in total. The van der Waals surface area contributed by atoms with Gasteiger partial charge in [0.15, 0.2) is 0 Å². The van der Waals surface area contributed by atoms with E-state index >= 15 is 0 Å². The molecule has 1 heterocycles. The topological polar surface area (TPSA) is 52.7 Å². The number of hydrazine groups is 1. The molecule has 1 aliphatic rings. The summed E-state index contributed by atoms with van der Waals surface area (Å²) in [5.41, 5.74) is 5.13. The summed E-state index contributed by atoms with van der Waals surface area (Å²) >= 11 is 3.51. The molecule has 0 atom stereocenters. The van der Waals surface area contributed by atoms with Crippen LogP contribution in [-0.4, -0.2) is 25.9 Å². The zero-order chi connectivity index (χ0) is 17.3. The number of hydrogen-bond acceptors (Lipinski definition) is 3. The van der Waals surface area contributed by atoms with E-state index in [1.807, 2.05) is 55.4 Å². The molecule has 1 saturated heterocycles. The number of halogens is 1. The van der Waals surface area contributed by atoms with Crippen LogP contribution in [0.4, 0.5) is 11.4 Å². The Morgan fingerprint density at radius 3 is 2.42 bits per heavy atom. The number of rotatable bonds is 3. The molecule has 2 aromatic rings. The van der Waals surface area contributed by atoms with Crippen LogP contribution in [0.25, 0.3) is 6.08 Å². The SMILES string of the molecule is CN(C)c1ccc(/C=C2\C(=O)NN(c3ccccc3)C2=O)cc1Br. The lowest BCUT2D eigenvalue weighted by Crippen LogP contribution is -2.35. The third-order valence-corrected chi connectivity index (χ3v) is 4.31. The highest BCUT2D eigenvalue weighted by molar-refractivity contribution is 9.10. The average Bonchev–Trinajstić information content (AvgIpc) is 2.83. The van der Waals surface area contributed by atoms with Crippen molar-refractivity contribution in [3.8, 4) is 0 Å². The van der Waals surface area contributed by atoms with E-state index in [0.29, 0.717) is 5.69 Å². The molecular formula is C18H16BrN3O2. The Labute approximate surface area is 148 Å². The van der Waals surface area contributed by atoms with Gasteiger partial charge in [0.25, 0.3) is 11.8 Å². The molecule has 122 valence electrons. The molecule has 6 heteroatoms. The average molecular weight is 386 g/mol. The van der Waals surface area contributed by atoms with Gasteiger partial charge >= 0.3 is 0 Å². The molecule has 1 fully saturated rings. The highest BCUT2D eigenvalue weighted by atomic mass is 79.9. The van der Waals surface area contributed by atoms with Crippen LogP contribution >= 0.6 is 15.9 Å². The number of nitrogens with one attached hydrogen (secondary N) is 1. The van der Waals surface area contributed by atoms with Gasteiger partial charge in [-0.1, -0.05) is 24.3 Å². The smallest absolute Gasteiger partial charge is 0.282 e. The Morgan fingerprint density at radius 2 is 1.79 bits per heavy atom. The zero-order valence-electron chi connectivity index (χ0n) is 13.3. The van der Waals surface area contributed by atoms with Crippen LogP contribution in [0, 0.1) is 0 Å². The van der Waals surface area contributed by atoms with E-state index < -0.39 is 5.91 Å². The number of anilines is 2. The van der Waals surface area contributed by atoms with Gasteiger partial charge in [0, 0.05) is 18.6 Å². The summed E-state index contributed by atoms with van der Waals surface area (Å²) in [6.45, 7) is 0. The van der Waals surface area contributed by atoms with Crippen molar-refractivity contribution in [1.29, 1.82) is 0 Å². The molecule has 5 nitrogen and oxygen atoms in total. The molecule has 24 heavy (non-hydrogen) atoms. The van der Waals surface area contributed by atoms with Crippen molar-refractivity contribution >= 4 is 45.2 Å². The van der Waals surface area contributed by atoms with Crippen LogP contribution in [-0.2, 0) is 9.59 Å². The number of hydrogen-bond donors (Lipinski definition) is 1. The van der Waals surface area contributed by atoms with E-state index in [0.717, 1.165) is 15.7 Å². The van der Waals surface area contributed by atoms with Gasteiger partial charge in [-0.15, -0.1) is 0 Å². The Hall–Kier alpha value is -2.60. The van der Waals surface area contributed by atoms with Crippen LogP contribution in [0.15, 0.2) is 58.6 Å². The highest BCUT2D eigenvalue weighted by Gasteiger charge is 2.34. The molecule has 0 radical (unpaired) electrons. The first-order chi connectivity index (χ1) is 11.5. The number of carbonyl (C=O) groups excluding carboxylic acids is 2. The lowest BCUT2D eigenvalue weighted by molar-refractivity contribution is -0.117. The standard InChI is InChI=1S/C18H16BrN3O2/c1-21(2)16-9-8-12(11-15(16)19)10-14-17(23)20-22(18(14)24)13-6-4-3-5-7-13/h3-11H,1-2H3,(H,20,23)/b14-10+. The summed E-state index contributed by atoms with van der Waals surface area (Å²) in [5, 5.41) is 1.26. The second-order valence-corrected chi connectivity index (χ2v) is 6.43. The minimum atomic E-state index is -0.406. The van der Waals surface area contributed by atoms with Crippen LogP contribution < -0.4 is 15.3 Å². The van der Waals surface area contributed by atoms with E-state index in [2.05, 4.69) is 21.4 Å². The second-order valence-electron chi connectivity index (χ2n) is 5.58. The summed E-state index contributed by atoms with van der Waals surface area (Å²) in [7, 11) is 3.90. The van der Waals surface area contributed by atoms with Gasteiger partial charge in [-0.05, 0) is 51.8 Å². The van der Waals surface area contributed by atoms with E-state index in [9.17, 15) is 9.59 Å². The third-order valence-electron chi connectivity index (χ3n) is 3.67. The summed E-state index contributed by atoms with van der Waals surface area (Å²) in [6, 6.07) is 14.7. The van der Waals surface area contributed by atoms with Crippen LogP contribution in [0.5, 0.6) is 0 Å². The van der Waals surface area contributed by atoms with Gasteiger partial charge in [-0.2, -0.15) is 0 Å². The molecule has 1 aliphatic heterocycles. The van der Waals surface area contributed by atoms with Gasteiger partial charge in [0.05, 0.1) is 11.4 Å². The van der Waals surface area contributed by atoms with Crippen molar-refractivity contribution in [2.45, 2.75) is 0 Å². The fourth-order valence-electron chi connectivity index (χ4n) is 2.46. The fourth-order valence-corrected chi connectivity index (χ4v) is 3.21. The first-order valence-corrected chi connectivity index (χ1v) is 8.16. The molecule has 2 amide bonds. The van der Waals surface area contributed by atoms with Crippen LogP contribution in [0.1, 0.15) is 5.56 Å². The number of para-hydroxylation sites is 1. The van der Waals surface area contributed by atoms with E-state index in [1.54, 1.807) is 18.2 Å². The molecule has 0 saturated carbocycles. The quantitative estimate of drug-likeness (QED) is 0.652. The third kappa shape index (κ3) is 3.05.